The van der Waals surface area contributed by atoms with Crippen LogP contribution in [0.15, 0.2) is 53.8 Å². The van der Waals surface area contributed by atoms with Crippen molar-refractivity contribution in [1.82, 2.24) is 4.98 Å². The van der Waals surface area contributed by atoms with E-state index in [1.807, 2.05) is 6.07 Å². The molecule has 1 aromatic carbocycles. The van der Waals surface area contributed by atoms with Gasteiger partial charge in [-0.1, -0.05) is 24.8 Å². The number of rotatable bonds is 3. The van der Waals surface area contributed by atoms with E-state index in [0.29, 0.717) is 17.0 Å². The molecule has 0 aliphatic rings. The molecule has 0 saturated heterocycles. The Morgan fingerprint density at radius 2 is 2.20 bits per heavy atom. The summed E-state index contributed by atoms with van der Waals surface area (Å²) in [5.74, 6) is 0.310. The van der Waals surface area contributed by atoms with Crippen LogP contribution >= 0.6 is 0 Å². The fourth-order valence-corrected chi connectivity index (χ4v) is 1.35. The number of nitrogens with zero attached hydrogens (tertiary/aromatic N) is 1. The van der Waals surface area contributed by atoms with Gasteiger partial charge in [0.15, 0.2) is 5.78 Å². The quantitative estimate of drug-likeness (QED) is 0.563. The van der Waals surface area contributed by atoms with E-state index in [1.54, 1.807) is 24.4 Å². The fraction of sp³-hybridized carbons (Fsp3) is 0. The molecule has 0 bridgehead atoms. The van der Waals surface area contributed by atoms with Crippen molar-refractivity contribution in [2.75, 3.05) is 0 Å². The molecule has 0 aliphatic heterocycles. The Balaban J connectivity index is 2.57. The molecular weight excluding hydrogens is 190 g/mol. The normalized spacial score (nSPS) is 9.87. The van der Waals surface area contributed by atoms with Crippen molar-refractivity contribution < 1.29 is 9.21 Å². The minimum absolute atomic E-state index is 0.135. The van der Waals surface area contributed by atoms with E-state index in [-0.39, 0.29) is 5.78 Å². The molecule has 1 aromatic heterocycles. The Morgan fingerprint density at radius 3 is 2.87 bits per heavy atom. The molecule has 2 aromatic rings. The number of aromatic nitrogens is 1. The molecule has 74 valence electrons. The first-order valence-electron chi connectivity index (χ1n) is 4.48. The lowest BCUT2D eigenvalue weighted by molar-refractivity contribution is 0.104. The Kier molecular flexibility index (Phi) is 2.46. The van der Waals surface area contributed by atoms with Gasteiger partial charge in [0.05, 0.1) is 6.20 Å². The number of oxazole rings is 1. The second-order valence-corrected chi connectivity index (χ2v) is 2.95. The number of ketones is 1. The van der Waals surface area contributed by atoms with Crippen LogP contribution in [0.1, 0.15) is 10.4 Å². The molecule has 0 unspecified atom stereocenters. The smallest absolute Gasteiger partial charge is 0.226 e. The third-order valence-electron chi connectivity index (χ3n) is 2.04. The summed E-state index contributed by atoms with van der Waals surface area (Å²) >= 11 is 0. The molecule has 1 heterocycles. The summed E-state index contributed by atoms with van der Waals surface area (Å²) in [5, 5.41) is 0. The zero-order valence-corrected chi connectivity index (χ0v) is 8.01. The van der Waals surface area contributed by atoms with Crippen molar-refractivity contribution in [3.8, 4) is 11.5 Å². The van der Waals surface area contributed by atoms with Crippen LogP contribution in [0.2, 0.25) is 0 Å². The Bertz CT molecular complexity index is 486. The van der Waals surface area contributed by atoms with Crippen LogP contribution in [0.3, 0.4) is 0 Å². The molecule has 3 nitrogen and oxygen atoms in total. The average molecular weight is 199 g/mol. The van der Waals surface area contributed by atoms with Gasteiger partial charge < -0.3 is 4.42 Å². The Labute approximate surface area is 87.1 Å². The van der Waals surface area contributed by atoms with Gasteiger partial charge in [0.25, 0.3) is 0 Å². The molecule has 0 saturated carbocycles. The van der Waals surface area contributed by atoms with Gasteiger partial charge in [0, 0.05) is 11.1 Å². The monoisotopic (exact) mass is 199 g/mol. The van der Waals surface area contributed by atoms with Crippen LogP contribution in [0.5, 0.6) is 0 Å². The van der Waals surface area contributed by atoms with Gasteiger partial charge in [-0.25, -0.2) is 4.98 Å². The van der Waals surface area contributed by atoms with Gasteiger partial charge in [-0.2, -0.15) is 0 Å². The number of hydrogen-bond donors (Lipinski definition) is 0. The van der Waals surface area contributed by atoms with Crippen LogP contribution in [-0.4, -0.2) is 10.8 Å². The lowest BCUT2D eigenvalue weighted by Crippen LogP contribution is -1.96. The van der Waals surface area contributed by atoms with Crippen molar-refractivity contribution in [2.45, 2.75) is 0 Å². The van der Waals surface area contributed by atoms with E-state index in [9.17, 15) is 4.79 Å². The fourth-order valence-electron chi connectivity index (χ4n) is 1.35. The zero-order chi connectivity index (χ0) is 10.7. The van der Waals surface area contributed by atoms with E-state index in [2.05, 4.69) is 11.6 Å². The van der Waals surface area contributed by atoms with Crippen LogP contribution < -0.4 is 0 Å². The van der Waals surface area contributed by atoms with E-state index in [4.69, 9.17) is 4.42 Å². The summed E-state index contributed by atoms with van der Waals surface area (Å²) in [4.78, 5) is 15.6. The predicted molar refractivity (Wildman–Crippen MR) is 56.5 cm³/mol. The number of allylic oxidation sites excluding steroid dienone is 1. The molecule has 0 atom stereocenters. The molecule has 3 heteroatoms. The van der Waals surface area contributed by atoms with Gasteiger partial charge in [-0.05, 0) is 12.1 Å². The maximum atomic E-state index is 11.5. The number of hydrogen-bond acceptors (Lipinski definition) is 3. The lowest BCUT2D eigenvalue weighted by atomic mass is 10.0. The van der Waals surface area contributed by atoms with Gasteiger partial charge in [-0.15, -0.1) is 0 Å². The molecule has 2 rings (SSSR count). The van der Waals surface area contributed by atoms with Crippen LogP contribution in [0.4, 0.5) is 0 Å². The first-order valence-corrected chi connectivity index (χ1v) is 4.48. The highest BCUT2D eigenvalue weighted by Gasteiger charge is 2.12. The van der Waals surface area contributed by atoms with Crippen molar-refractivity contribution >= 4 is 5.78 Å². The van der Waals surface area contributed by atoms with Crippen LogP contribution in [0.25, 0.3) is 11.5 Å². The summed E-state index contributed by atoms with van der Waals surface area (Å²) in [5.41, 5.74) is 1.24. The summed E-state index contributed by atoms with van der Waals surface area (Å²) < 4.78 is 5.16. The highest BCUT2D eigenvalue weighted by atomic mass is 16.3. The number of benzene rings is 1. The minimum Gasteiger partial charge on any atom is -0.445 e. The molecule has 0 N–H and O–H groups in total. The largest absolute Gasteiger partial charge is 0.445 e. The molecule has 0 aliphatic carbocycles. The summed E-state index contributed by atoms with van der Waals surface area (Å²) in [6.45, 7) is 3.46. The maximum Gasteiger partial charge on any atom is 0.226 e. The van der Waals surface area contributed by atoms with Gasteiger partial charge in [0.2, 0.25) is 5.89 Å². The lowest BCUT2D eigenvalue weighted by Gasteiger charge is -2.01. The number of carbonyl (C=O) groups excluding carboxylic acids is 1. The second kappa shape index (κ2) is 3.92. The van der Waals surface area contributed by atoms with Crippen molar-refractivity contribution in [3.63, 3.8) is 0 Å². The van der Waals surface area contributed by atoms with Crippen LogP contribution in [-0.2, 0) is 0 Å². The van der Waals surface area contributed by atoms with Gasteiger partial charge >= 0.3 is 0 Å². The average Bonchev–Trinajstić information content (AvgIpc) is 2.81. The first-order chi connectivity index (χ1) is 7.33. The maximum absolute atomic E-state index is 11.5. The van der Waals surface area contributed by atoms with Gasteiger partial charge in [0.1, 0.15) is 6.26 Å². The van der Waals surface area contributed by atoms with Crippen LogP contribution in [0, 0.1) is 0 Å². The van der Waals surface area contributed by atoms with E-state index >= 15 is 0 Å². The topological polar surface area (TPSA) is 43.1 Å². The van der Waals surface area contributed by atoms with E-state index in [0.717, 1.165) is 0 Å². The molecule has 0 amide bonds. The van der Waals surface area contributed by atoms with Crippen molar-refractivity contribution in [3.05, 3.63) is 54.9 Å². The Hall–Kier alpha value is -2.16. The molecule has 0 radical (unpaired) electrons. The zero-order valence-electron chi connectivity index (χ0n) is 8.01. The summed E-state index contributed by atoms with van der Waals surface area (Å²) in [7, 11) is 0. The summed E-state index contributed by atoms with van der Waals surface area (Å²) in [6.07, 6.45) is 4.30. The first kappa shape index (κ1) is 9.40. The Morgan fingerprint density at radius 1 is 1.40 bits per heavy atom. The summed E-state index contributed by atoms with van der Waals surface area (Å²) in [6, 6.07) is 7.15. The third kappa shape index (κ3) is 1.72. The molecule has 0 spiro atoms. The SMILES string of the molecule is C=CC(=O)c1ccccc1-c1ncco1. The molecule has 0 fully saturated rings. The van der Waals surface area contributed by atoms with Crippen molar-refractivity contribution in [1.29, 1.82) is 0 Å². The van der Waals surface area contributed by atoms with Crippen molar-refractivity contribution in [2.24, 2.45) is 0 Å². The van der Waals surface area contributed by atoms with Gasteiger partial charge in [-0.3, -0.25) is 4.79 Å². The third-order valence-corrected chi connectivity index (χ3v) is 2.04. The molecular formula is C12H9NO2. The minimum atomic E-state index is -0.135. The predicted octanol–water partition coefficient (Wildman–Crippen LogP) is 2.71. The van der Waals surface area contributed by atoms with E-state index < -0.39 is 0 Å². The highest BCUT2D eigenvalue weighted by Crippen LogP contribution is 2.22. The highest BCUT2D eigenvalue weighted by molar-refractivity contribution is 6.08. The standard InChI is InChI=1S/C12H9NO2/c1-2-11(14)9-5-3-4-6-10(9)12-13-7-8-15-12/h2-8H,1H2. The number of carbonyl (C=O) groups is 1. The molecule has 15 heavy (non-hydrogen) atoms. The van der Waals surface area contributed by atoms with E-state index in [1.165, 1.54) is 12.3 Å². The second-order valence-electron chi connectivity index (χ2n) is 2.95.